The van der Waals surface area contributed by atoms with Crippen LogP contribution in [0.4, 0.5) is 42.1 Å². The number of halogens is 12. The van der Waals surface area contributed by atoms with Gasteiger partial charge in [0.2, 0.25) is 0 Å². The van der Waals surface area contributed by atoms with Crippen molar-refractivity contribution in [2.75, 3.05) is 44.1 Å². The highest BCUT2D eigenvalue weighted by molar-refractivity contribution is 14.1. The van der Waals surface area contributed by atoms with E-state index in [0.29, 0.717) is 86.0 Å². The van der Waals surface area contributed by atoms with E-state index in [1.54, 1.807) is 147 Å². The van der Waals surface area contributed by atoms with Crippen LogP contribution in [0.15, 0.2) is 216 Å². The SMILES string of the molecule is CC(=O)c1cc(C(=O)COC(CO)CO)c(Cc2ccc(I)cc2F)n1C.CC(C)(O)C(=O)Cc1cccc(Oc2cc(F)cc(Cc3ccc(I)cc3F)c2C(N)=O)c1.CCCS(=O)(=O)Cc1cccc(COc2cc(F)cc(Cc3ccc(I)cc3F)c2C(N)=O)c1.Cn1c(=O)cc(Cc2ccc(I)cc2F)c2c(=O)n(C[C@@H](O)CO)ccc21.O=C(CC[C@H](O)CO)c1ccncc1Nc1ccc(I)cc1F. The molecule has 0 spiro atoms. The number of fused-ring (bicyclic) bond motifs is 1. The molecule has 0 aliphatic carbocycles. The quantitative estimate of drug-likeness (QED) is 0.00971. The van der Waals surface area contributed by atoms with Gasteiger partial charge in [0, 0.05) is 125 Å². The molecule has 144 heavy (non-hydrogen) atoms. The summed E-state index contributed by atoms with van der Waals surface area (Å²) in [4.78, 5) is 103. The maximum absolute atomic E-state index is 14.4. The summed E-state index contributed by atoms with van der Waals surface area (Å²) in [6, 6.07) is 47.2. The van der Waals surface area contributed by atoms with Gasteiger partial charge in [0.25, 0.3) is 22.9 Å². The standard InChI is InChI=1S/C25H24F2INO4S.C25H22F2INO4.C19H18FIN2O4.C19H21FINO5.C16H16FIN2O3/c1-2-8-34(31,32)15-17-5-3-4-16(9-17)14-33-23-12-20(26)11-19(24(23)25(29)30)10-18-6-7-21(28)13-22(18)27;1-25(2,32)22(30)9-14-4-3-5-19(8-14)33-21-12-17(26)11-16(23(21)24(29)31)10-15-6-7-18(28)13-20(15)27;1-22-16-4-5-23(9-14(25)10-24)19(27)18(16)12(7-17(22)26)6-11-2-3-13(21)8-15(11)20;1-11(25)17-7-15(19(26)10-27-14(8-23)9-24)18(22(17)2)5-12-3-4-13(21)6-16(12)20;17-13-7-10(18)1-3-14(13)20-15-8-19-6-5-12(15)16(23)4-2-11(22)9-21/h3-7,9,11-13H,2,8,10,14-15H2,1H3,(H2,29,30);3-8,11-13,32H,9-10H2,1-2H3,(H2,29,31);2-5,7-8,14,24-25H,6,9-10H2,1H3;3-4,6-7,14,23-24H,5,8-10H2,1-2H3;1,3,5-8,11,20-22H,2,4,9H2/t;;14-;;11-/m..1.0/s1. The lowest BCUT2D eigenvalue weighted by molar-refractivity contribution is -0.133. The van der Waals surface area contributed by atoms with Gasteiger partial charge < -0.3 is 80.4 Å². The molecule has 0 radical (unpaired) electrons. The molecule has 12 N–H and O–H groups in total. The number of hydrogen-bond acceptors (Lipinski definition) is 22. The zero-order valence-corrected chi connectivity index (χ0v) is 89.8. The molecule has 0 fully saturated rings. The fourth-order valence-corrected chi connectivity index (χ4v) is 18.4. The van der Waals surface area contributed by atoms with Crippen molar-refractivity contribution in [1.82, 2.24) is 18.7 Å². The van der Waals surface area contributed by atoms with Gasteiger partial charge in [-0.05, 0) is 304 Å². The number of ketones is 4. The fraction of sp³-hybridized carbons (Fsp3) is 0.260. The molecule has 0 bridgehead atoms. The molecule has 27 nitrogen and oxygen atoms in total. The fourth-order valence-electron chi connectivity index (χ4n) is 14.6. The zero-order valence-electron chi connectivity index (χ0n) is 78.2. The van der Waals surface area contributed by atoms with Gasteiger partial charge in [-0.1, -0.05) is 67.6 Å². The van der Waals surface area contributed by atoms with E-state index in [1.807, 2.05) is 113 Å². The first kappa shape index (κ1) is 117. The van der Waals surface area contributed by atoms with Crippen LogP contribution in [0.1, 0.15) is 160 Å². The van der Waals surface area contributed by atoms with E-state index < -0.39 is 112 Å². The lowest BCUT2D eigenvalue weighted by Crippen LogP contribution is -2.32. The Balaban J connectivity index is 0.000000202. The normalized spacial score (nSPS) is 11.7. The van der Waals surface area contributed by atoms with Crippen molar-refractivity contribution >= 4 is 180 Å². The number of aliphatic hydroxyl groups excluding tert-OH is 6. The molecule has 0 unspecified atom stereocenters. The van der Waals surface area contributed by atoms with Crippen LogP contribution in [-0.2, 0) is 84.5 Å². The first-order valence-corrected chi connectivity index (χ1v) is 51.3. The molecule has 0 aliphatic heterocycles. The highest BCUT2D eigenvalue weighted by atomic mass is 127. The predicted octanol–water partition coefficient (Wildman–Crippen LogP) is 16.5. The molecule has 13 rings (SSSR count). The Labute approximate surface area is 892 Å². The Kier molecular flexibility index (Phi) is 44.4. The average molecular weight is 2570 g/mol. The van der Waals surface area contributed by atoms with E-state index in [9.17, 15) is 92.8 Å². The molecule has 4 aromatic heterocycles. The Bertz CT molecular complexity index is 7110. The number of benzene rings is 9. The number of primary amides is 2. The largest absolute Gasteiger partial charge is 0.488 e. The van der Waals surface area contributed by atoms with Gasteiger partial charge in [0.05, 0.1) is 102 Å². The molecule has 2 atom stereocenters. The number of Topliss-reactive ketones (excluding diaryl/α,β-unsaturated/α-hetero) is 4. The van der Waals surface area contributed by atoms with Crippen LogP contribution < -0.4 is 37.4 Å². The van der Waals surface area contributed by atoms with Gasteiger partial charge in [0.15, 0.2) is 33.0 Å². The first-order chi connectivity index (χ1) is 68.1. The van der Waals surface area contributed by atoms with Crippen LogP contribution in [0.25, 0.3) is 10.9 Å². The lowest BCUT2D eigenvalue weighted by atomic mass is 9.97. The molecular formula is C104H101F7I5N7O20S. The van der Waals surface area contributed by atoms with Crippen LogP contribution in [0.3, 0.4) is 0 Å². The molecular weight excluding hydrogens is 2470 g/mol. The number of ether oxygens (including phenoxy) is 3. The van der Waals surface area contributed by atoms with Gasteiger partial charge in [-0.3, -0.25) is 43.3 Å². The van der Waals surface area contributed by atoms with Crippen molar-refractivity contribution in [3.05, 3.63) is 375 Å². The third-order valence-corrected chi connectivity index (χ3v) is 27.2. The number of rotatable bonds is 39. The van der Waals surface area contributed by atoms with E-state index >= 15 is 0 Å². The third kappa shape index (κ3) is 34.0. The second-order valence-corrected chi connectivity index (χ2v) is 41.9. The first-order valence-electron chi connectivity index (χ1n) is 44.1. The molecule has 4 heterocycles. The highest BCUT2D eigenvalue weighted by Crippen LogP contribution is 2.35. The van der Waals surface area contributed by atoms with Crippen molar-refractivity contribution in [3.63, 3.8) is 0 Å². The number of anilines is 2. The molecule has 762 valence electrons. The summed E-state index contributed by atoms with van der Waals surface area (Å²) in [6.07, 6.45) is 2.40. The maximum Gasteiger partial charge on any atom is 0.260 e. The van der Waals surface area contributed by atoms with E-state index in [1.165, 1.54) is 91.0 Å². The number of carbonyl (C=O) groups excluding carboxylic acids is 6. The topological polar surface area (TPSA) is 432 Å². The zero-order chi connectivity index (χ0) is 106. The number of sulfone groups is 1. The summed E-state index contributed by atoms with van der Waals surface area (Å²) in [5.41, 5.74) is 15.4. The van der Waals surface area contributed by atoms with Crippen molar-refractivity contribution in [1.29, 1.82) is 0 Å². The number of nitrogens with two attached hydrogens (primary N) is 2. The van der Waals surface area contributed by atoms with Crippen molar-refractivity contribution in [3.8, 4) is 17.2 Å². The Morgan fingerprint density at radius 1 is 0.542 bits per heavy atom. The van der Waals surface area contributed by atoms with E-state index in [4.69, 9.17) is 46.1 Å². The molecule has 0 saturated heterocycles. The van der Waals surface area contributed by atoms with Crippen LogP contribution in [-0.4, -0.2) is 160 Å². The summed E-state index contributed by atoms with van der Waals surface area (Å²) in [7, 11) is -0.00339. The Morgan fingerprint density at radius 3 is 1.56 bits per heavy atom. The van der Waals surface area contributed by atoms with E-state index in [2.05, 4.69) is 10.3 Å². The van der Waals surface area contributed by atoms with Gasteiger partial charge in [-0.2, -0.15) is 0 Å². The van der Waals surface area contributed by atoms with Crippen molar-refractivity contribution in [2.45, 2.75) is 122 Å². The monoisotopic (exact) mass is 2570 g/mol. The summed E-state index contributed by atoms with van der Waals surface area (Å²) in [5, 5.41) is 68.0. The van der Waals surface area contributed by atoms with Crippen molar-refractivity contribution < 1.29 is 118 Å². The second kappa shape index (κ2) is 54.7. The number of aryl methyl sites for hydroxylation is 1. The maximum atomic E-state index is 14.4. The summed E-state index contributed by atoms with van der Waals surface area (Å²) < 4.78 is 149. The molecule has 0 saturated carbocycles. The molecule has 0 aliphatic rings. The molecule has 9 aromatic carbocycles. The summed E-state index contributed by atoms with van der Waals surface area (Å²) in [5.74, 6) is -6.30. The minimum Gasteiger partial charge on any atom is -0.488 e. The van der Waals surface area contributed by atoms with Crippen molar-refractivity contribution in [2.24, 2.45) is 25.6 Å². The Morgan fingerprint density at radius 2 is 1.05 bits per heavy atom. The van der Waals surface area contributed by atoms with E-state index in [0.717, 1.165) is 35.0 Å². The Hall–Kier alpha value is -10.6. The minimum atomic E-state index is -3.22. The lowest BCUT2D eigenvalue weighted by Gasteiger charge is -2.16. The predicted molar refractivity (Wildman–Crippen MR) is 571 cm³/mol. The van der Waals surface area contributed by atoms with Crippen LogP contribution in [0, 0.1) is 58.6 Å². The average Bonchev–Trinajstić information content (AvgIpc) is 0.860. The molecule has 40 heteroatoms. The van der Waals surface area contributed by atoms with Gasteiger partial charge in [-0.15, -0.1) is 0 Å². The van der Waals surface area contributed by atoms with Crippen LogP contribution in [0.5, 0.6) is 17.2 Å². The van der Waals surface area contributed by atoms with Gasteiger partial charge in [-0.25, -0.2) is 39.2 Å². The van der Waals surface area contributed by atoms with E-state index in [-0.39, 0.29) is 168 Å². The van der Waals surface area contributed by atoms with Crippen LogP contribution >= 0.6 is 113 Å². The van der Waals surface area contributed by atoms with Crippen LogP contribution in [0.2, 0.25) is 0 Å². The van der Waals surface area contributed by atoms with Gasteiger partial charge in [0.1, 0.15) is 82.9 Å². The number of pyridine rings is 3. The number of amides is 2. The number of hydrogen-bond donors (Lipinski definition) is 10. The van der Waals surface area contributed by atoms with Gasteiger partial charge >= 0.3 is 0 Å². The minimum absolute atomic E-state index is 0.0268. The second-order valence-electron chi connectivity index (χ2n) is 33.5. The third-order valence-electron chi connectivity index (χ3n) is 22.0. The number of nitrogens with one attached hydrogen (secondary N) is 1. The number of aliphatic hydroxyl groups is 7. The smallest absolute Gasteiger partial charge is 0.260 e. The highest BCUT2D eigenvalue weighted by Gasteiger charge is 2.29. The molecule has 13 aromatic rings. The number of aromatic nitrogens is 4. The summed E-state index contributed by atoms with van der Waals surface area (Å²) in [6.45, 7) is 3.82. The number of nitrogens with zero attached hydrogens (tertiary/aromatic N) is 4. The summed E-state index contributed by atoms with van der Waals surface area (Å²) >= 11 is 10.00. The number of carbonyl (C=O) groups is 6. The molecule has 2 amide bonds.